The third-order valence-corrected chi connectivity index (χ3v) is 4.44. The maximum absolute atomic E-state index is 11.8. The lowest BCUT2D eigenvalue weighted by Crippen LogP contribution is -2.09. The zero-order valence-electron chi connectivity index (χ0n) is 12.7. The number of hydrogen-bond donors (Lipinski definition) is 1. The van der Waals surface area contributed by atoms with Crippen LogP contribution in [-0.4, -0.2) is 18.1 Å². The number of thiazole rings is 1. The minimum absolute atomic E-state index is 0.399. The number of esters is 1. The molecule has 3 aromatic rings. The van der Waals surface area contributed by atoms with Crippen LogP contribution in [0.1, 0.15) is 22.1 Å². The van der Waals surface area contributed by atoms with Gasteiger partial charge in [0.25, 0.3) is 0 Å². The predicted octanol–water partition coefficient (Wildman–Crippen LogP) is 3.70. The van der Waals surface area contributed by atoms with Crippen molar-refractivity contribution >= 4 is 22.4 Å². The van der Waals surface area contributed by atoms with Gasteiger partial charge in [-0.3, -0.25) is 0 Å². The molecule has 0 fully saturated rings. The number of cyclic esters (lactones) is 1. The van der Waals surface area contributed by atoms with Gasteiger partial charge in [0.2, 0.25) is 6.23 Å². The third-order valence-electron chi connectivity index (χ3n) is 3.67. The molecule has 118 valence electrons. The number of nitrogens with zero attached hydrogens (tertiary/aromatic N) is 1. The fourth-order valence-electron chi connectivity index (χ4n) is 2.49. The topological polar surface area (TPSA) is 60.5 Å². The second-order valence-electron chi connectivity index (χ2n) is 5.13. The second kappa shape index (κ2) is 5.87. The maximum Gasteiger partial charge on any atom is 0.349 e. The number of fused-ring (bicyclic) bond motifs is 1. The Kier molecular flexibility index (Phi) is 3.56. The van der Waals surface area contributed by atoms with Gasteiger partial charge in [-0.2, -0.15) is 0 Å². The van der Waals surface area contributed by atoms with Gasteiger partial charge >= 0.3 is 5.97 Å². The van der Waals surface area contributed by atoms with Crippen LogP contribution < -0.4 is 10.1 Å². The van der Waals surface area contributed by atoms with Crippen LogP contribution in [0.15, 0.2) is 41.8 Å². The highest BCUT2D eigenvalue weighted by Gasteiger charge is 2.31. The highest BCUT2D eigenvalue weighted by molar-refractivity contribution is 7.14. The second-order valence-corrected chi connectivity index (χ2v) is 5.99. The normalized spacial score (nSPS) is 15.4. The van der Waals surface area contributed by atoms with Crippen molar-refractivity contribution in [1.82, 2.24) is 4.98 Å². The fraction of sp³-hybridized carbons (Fsp3) is 0.111. The highest BCUT2D eigenvalue weighted by Crippen LogP contribution is 2.33. The van der Waals surface area contributed by atoms with E-state index in [2.05, 4.69) is 22.4 Å². The van der Waals surface area contributed by atoms with Crippen molar-refractivity contribution in [2.45, 2.75) is 6.23 Å². The molecule has 2 heterocycles. The first-order valence-electron chi connectivity index (χ1n) is 7.24. The molecule has 0 unspecified atom stereocenters. The first kappa shape index (κ1) is 14.5. The van der Waals surface area contributed by atoms with Gasteiger partial charge in [-0.15, -0.1) is 11.3 Å². The molecule has 0 saturated carbocycles. The molecule has 24 heavy (non-hydrogen) atoms. The Labute approximate surface area is 142 Å². The summed E-state index contributed by atoms with van der Waals surface area (Å²) in [5.41, 5.74) is 2.96. The molecule has 6 heteroatoms. The Balaban J connectivity index is 1.57. The van der Waals surface area contributed by atoms with Gasteiger partial charge in [0.05, 0.1) is 12.8 Å². The summed E-state index contributed by atoms with van der Waals surface area (Å²) in [5, 5.41) is 5.76. The molecular weight excluding hydrogens is 324 g/mol. The first-order chi connectivity index (χ1) is 11.7. The van der Waals surface area contributed by atoms with Gasteiger partial charge < -0.3 is 14.8 Å². The number of methoxy groups -OCH3 is 1. The lowest BCUT2D eigenvalue weighted by atomic mass is 10.1. The van der Waals surface area contributed by atoms with E-state index in [4.69, 9.17) is 9.47 Å². The number of carbonyl (C=O) groups excluding carboxylic acids is 1. The zero-order valence-corrected chi connectivity index (χ0v) is 13.5. The summed E-state index contributed by atoms with van der Waals surface area (Å²) < 4.78 is 10.6. The van der Waals surface area contributed by atoms with E-state index in [1.807, 2.05) is 29.6 Å². The Morgan fingerprint density at radius 2 is 2.29 bits per heavy atom. The minimum Gasteiger partial charge on any atom is -0.497 e. The average molecular weight is 336 g/mol. The molecule has 0 aliphatic carbocycles. The molecule has 1 aromatic heterocycles. The maximum atomic E-state index is 11.8. The van der Waals surface area contributed by atoms with Crippen molar-refractivity contribution in [1.29, 1.82) is 0 Å². The van der Waals surface area contributed by atoms with E-state index in [0.717, 1.165) is 22.6 Å². The molecule has 0 radical (unpaired) electrons. The number of ether oxygens (including phenoxy) is 2. The smallest absolute Gasteiger partial charge is 0.349 e. The predicted molar refractivity (Wildman–Crippen MR) is 90.0 cm³/mol. The summed E-state index contributed by atoms with van der Waals surface area (Å²) in [7, 11) is 1.63. The van der Waals surface area contributed by atoms with Gasteiger partial charge in [-0.1, -0.05) is 24.3 Å². The number of hydrogen-bond acceptors (Lipinski definition) is 6. The van der Waals surface area contributed by atoms with Gasteiger partial charge in [0.15, 0.2) is 5.13 Å². The molecule has 0 saturated heterocycles. The Morgan fingerprint density at radius 1 is 1.38 bits per heavy atom. The molecule has 0 spiro atoms. The van der Waals surface area contributed by atoms with Crippen LogP contribution in [0.3, 0.4) is 0 Å². The minimum atomic E-state index is -0.553. The molecule has 1 atom stereocenters. The van der Waals surface area contributed by atoms with Crippen molar-refractivity contribution < 1.29 is 14.3 Å². The van der Waals surface area contributed by atoms with Gasteiger partial charge in [0, 0.05) is 16.5 Å². The van der Waals surface area contributed by atoms with Gasteiger partial charge in [0.1, 0.15) is 11.3 Å². The summed E-state index contributed by atoms with van der Waals surface area (Å²) in [6.07, 6.45) is -0.553. The van der Waals surface area contributed by atoms with Gasteiger partial charge in [-0.05, 0) is 24.3 Å². The zero-order chi connectivity index (χ0) is 16.5. The van der Waals surface area contributed by atoms with Crippen molar-refractivity contribution in [2.24, 2.45) is 0 Å². The van der Waals surface area contributed by atoms with Crippen molar-refractivity contribution in [2.75, 3.05) is 12.4 Å². The van der Waals surface area contributed by atoms with Crippen LogP contribution in [0.25, 0.3) is 11.3 Å². The molecule has 1 aliphatic rings. The Bertz CT molecular complexity index is 907. The molecule has 2 aromatic carbocycles. The number of benzene rings is 1. The van der Waals surface area contributed by atoms with Gasteiger partial charge in [-0.25, -0.2) is 9.78 Å². The summed E-state index contributed by atoms with van der Waals surface area (Å²) in [4.78, 5) is 16.4. The fourth-order valence-corrected chi connectivity index (χ4v) is 3.23. The van der Waals surface area contributed by atoms with E-state index < -0.39 is 12.2 Å². The molecule has 0 bridgehead atoms. The standard InChI is InChI=1S/C18H12N2O3S/c1-22-12-6-4-5-11(9-12)15-10-24-18(19-15)20-16-13-7-2-3-8-14(13)17(21)23-16/h2,4-7,9-10,16H,1H3,(H,19,20)/t16-/m0/s1. The number of carbonyl (C=O) groups is 1. The number of aromatic nitrogens is 1. The average Bonchev–Trinajstić information content (AvgIpc) is 3.21. The van der Waals surface area contributed by atoms with E-state index >= 15 is 0 Å². The van der Waals surface area contributed by atoms with Crippen molar-refractivity contribution in [3.8, 4) is 17.0 Å². The van der Waals surface area contributed by atoms with Crippen molar-refractivity contribution in [3.63, 3.8) is 0 Å². The summed E-state index contributed by atoms with van der Waals surface area (Å²) in [6, 6.07) is 16.8. The number of nitrogens with one attached hydrogen (secondary N) is 1. The van der Waals surface area contributed by atoms with Crippen LogP contribution in [0.2, 0.25) is 0 Å². The molecular formula is C18H12N2O3S. The molecule has 1 aliphatic heterocycles. The molecule has 4 rings (SSSR count). The SMILES string of the molecule is COc1cccc(-c2csc(N[C@H]3OC(=O)c4c#cccc43)n2)c1. The van der Waals surface area contributed by atoms with Crippen molar-refractivity contribution in [3.05, 3.63) is 65.0 Å². The van der Waals surface area contributed by atoms with E-state index in [0.29, 0.717) is 10.7 Å². The number of anilines is 1. The summed E-state index contributed by atoms with van der Waals surface area (Å²) in [5.74, 6) is 0.379. The van der Waals surface area contributed by atoms with E-state index in [-0.39, 0.29) is 0 Å². The van der Waals surface area contributed by atoms with E-state index in [1.54, 1.807) is 19.2 Å². The molecule has 5 nitrogen and oxygen atoms in total. The summed E-state index contributed by atoms with van der Waals surface area (Å²) >= 11 is 1.45. The number of rotatable bonds is 4. The van der Waals surface area contributed by atoms with Crippen LogP contribution >= 0.6 is 11.3 Å². The van der Waals surface area contributed by atoms with E-state index in [1.165, 1.54) is 11.3 Å². The quantitative estimate of drug-likeness (QED) is 0.736. The first-order valence-corrected chi connectivity index (χ1v) is 8.12. The Hall–Kier alpha value is -3.04. The molecule has 1 N–H and O–H groups in total. The van der Waals surface area contributed by atoms with E-state index in [9.17, 15) is 4.79 Å². The third kappa shape index (κ3) is 2.55. The van der Waals surface area contributed by atoms with Crippen LogP contribution in [0.5, 0.6) is 5.75 Å². The largest absolute Gasteiger partial charge is 0.497 e. The van der Waals surface area contributed by atoms with Crippen LogP contribution in [0.4, 0.5) is 5.13 Å². The summed E-state index contributed by atoms with van der Waals surface area (Å²) in [6.45, 7) is 0. The highest BCUT2D eigenvalue weighted by atomic mass is 32.1. The van der Waals surface area contributed by atoms with Crippen LogP contribution in [-0.2, 0) is 4.74 Å². The lowest BCUT2D eigenvalue weighted by Gasteiger charge is -2.11. The Morgan fingerprint density at radius 3 is 3.17 bits per heavy atom. The van der Waals surface area contributed by atoms with Crippen LogP contribution in [0, 0.1) is 12.1 Å². The monoisotopic (exact) mass is 336 g/mol. The molecule has 0 amide bonds. The lowest BCUT2D eigenvalue weighted by molar-refractivity contribution is 0.0437.